The number of benzene rings is 2. The number of fused-ring (bicyclic) bond motifs is 1. The molecule has 5 nitrogen and oxygen atoms in total. The summed E-state index contributed by atoms with van der Waals surface area (Å²) < 4.78 is 17.1. The molecule has 1 unspecified atom stereocenters. The molecule has 4 rings (SSSR count). The zero-order chi connectivity index (χ0) is 18.6. The van der Waals surface area contributed by atoms with Crippen LogP contribution in [0.2, 0.25) is 0 Å². The molecule has 1 atom stereocenters. The van der Waals surface area contributed by atoms with Crippen LogP contribution in [0.5, 0.6) is 11.5 Å². The number of rotatable bonds is 6. The monoisotopic (exact) mass is 364 g/mol. The minimum atomic E-state index is 0.217. The second-order valence-electron chi connectivity index (χ2n) is 6.79. The van der Waals surface area contributed by atoms with Crippen LogP contribution in [0.3, 0.4) is 0 Å². The van der Waals surface area contributed by atoms with E-state index in [1.54, 1.807) is 7.11 Å². The van der Waals surface area contributed by atoms with Crippen molar-refractivity contribution in [1.82, 2.24) is 9.88 Å². The van der Waals surface area contributed by atoms with Crippen molar-refractivity contribution in [2.24, 2.45) is 0 Å². The van der Waals surface area contributed by atoms with Crippen molar-refractivity contribution in [3.05, 3.63) is 77.5 Å². The average molecular weight is 364 g/mol. The van der Waals surface area contributed by atoms with E-state index in [1.807, 2.05) is 31.3 Å². The van der Waals surface area contributed by atoms with Crippen molar-refractivity contribution >= 4 is 0 Å². The maximum Gasteiger partial charge on any atom is 0.191 e. The Kier molecular flexibility index (Phi) is 5.12. The second kappa shape index (κ2) is 7.84. The third-order valence-electron chi connectivity index (χ3n) is 4.92. The number of methoxy groups -OCH3 is 1. The van der Waals surface area contributed by atoms with Crippen LogP contribution in [0.1, 0.15) is 35.2 Å². The van der Waals surface area contributed by atoms with Crippen molar-refractivity contribution in [2.75, 3.05) is 13.7 Å². The lowest BCUT2D eigenvalue weighted by atomic mass is 9.97. The Hall–Kier alpha value is -2.79. The first kappa shape index (κ1) is 17.6. The smallest absolute Gasteiger partial charge is 0.191 e. The summed E-state index contributed by atoms with van der Waals surface area (Å²) in [4.78, 5) is 6.68. The van der Waals surface area contributed by atoms with Gasteiger partial charge >= 0.3 is 0 Å². The molecular formula is C22H24N2O3. The molecule has 0 saturated carbocycles. The van der Waals surface area contributed by atoms with E-state index in [4.69, 9.17) is 13.9 Å². The van der Waals surface area contributed by atoms with Crippen LogP contribution in [-0.2, 0) is 13.1 Å². The van der Waals surface area contributed by atoms with E-state index in [2.05, 4.69) is 40.2 Å². The molecule has 27 heavy (non-hydrogen) atoms. The molecule has 0 amide bonds. The number of ether oxygens (including phenoxy) is 2. The molecule has 0 radical (unpaired) electrons. The van der Waals surface area contributed by atoms with Gasteiger partial charge in [0.25, 0.3) is 0 Å². The van der Waals surface area contributed by atoms with Gasteiger partial charge in [-0.15, -0.1) is 0 Å². The molecule has 140 valence electrons. The zero-order valence-corrected chi connectivity index (χ0v) is 15.7. The van der Waals surface area contributed by atoms with Gasteiger partial charge in [-0.05, 0) is 23.8 Å². The van der Waals surface area contributed by atoms with Gasteiger partial charge in [0.05, 0.1) is 26.5 Å². The van der Waals surface area contributed by atoms with Gasteiger partial charge in [-0.25, -0.2) is 4.98 Å². The van der Waals surface area contributed by atoms with E-state index in [0.717, 1.165) is 35.8 Å². The number of nitrogens with zero attached hydrogens (tertiary/aromatic N) is 2. The van der Waals surface area contributed by atoms with Crippen molar-refractivity contribution in [1.29, 1.82) is 0 Å². The molecule has 0 N–H and O–H groups in total. The Morgan fingerprint density at radius 1 is 1.15 bits per heavy atom. The lowest BCUT2D eigenvalue weighted by molar-refractivity contribution is 0.117. The van der Waals surface area contributed by atoms with Gasteiger partial charge in [-0.1, -0.05) is 30.3 Å². The quantitative estimate of drug-likeness (QED) is 0.644. The Bertz CT molecular complexity index is 892. The molecule has 5 heteroatoms. The van der Waals surface area contributed by atoms with E-state index in [0.29, 0.717) is 19.0 Å². The predicted molar refractivity (Wildman–Crippen MR) is 103 cm³/mol. The fourth-order valence-electron chi connectivity index (χ4n) is 3.63. The molecule has 2 heterocycles. The van der Waals surface area contributed by atoms with Gasteiger partial charge < -0.3 is 13.9 Å². The van der Waals surface area contributed by atoms with Gasteiger partial charge in [0, 0.05) is 31.5 Å². The summed E-state index contributed by atoms with van der Waals surface area (Å²) in [5.41, 5.74) is 2.43. The zero-order valence-electron chi connectivity index (χ0n) is 15.7. The summed E-state index contributed by atoms with van der Waals surface area (Å²) in [6.45, 7) is 4.09. The second-order valence-corrected chi connectivity index (χ2v) is 6.79. The average Bonchev–Trinajstić information content (AvgIpc) is 3.12. The maximum absolute atomic E-state index is 5.89. The van der Waals surface area contributed by atoms with Crippen LogP contribution in [-0.4, -0.2) is 23.6 Å². The molecule has 0 spiro atoms. The number of hydrogen-bond donors (Lipinski definition) is 0. The maximum atomic E-state index is 5.89. The van der Waals surface area contributed by atoms with Crippen molar-refractivity contribution in [2.45, 2.75) is 32.5 Å². The molecule has 0 fully saturated rings. The highest BCUT2D eigenvalue weighted by Gasteiger charge is 2.28. The van der Waals surface area contributed by atoms with Gasteiger partial charge in [-0.2, -0.15) is 0 Å². The summed E-state index contributed by atoms with van der Waals surface area (Å²) in [6.07, 6.45) is 2.74. The Balaban J connectivity index is 1.68. The molecule has 0 aliphatic carbocycles. The summed E-state index contributed by atoms with van der Waals surface area (Å²) in [6, 6.07) is 16.8. The highest BCUT2D eigenvalue weighted by Crippen LogP contribution is 2.39. The highest BCUT2D eigenvalue weighted by atomic mass is 16.5. The fraction of sp³-hybridized carbons (Fsp3) is 0.318. The Morgan fingerprint density at radius 3 is 2.74 bits per heavy atom. The van der Waals surface area contributed by atoms with Gasteiger partial charge in [0.2, 0.25) is 0 Å². The summed E-state index contributed by atoms with van der Waals surface area (Å²) >= 11 is 0. The lowest BCUT2D eigenvalue weighted by Crippen LogP contribution is -2.31. The molecule has 3 aromatic rings. The van der Waals surface area contributed by atoms with Gasteiger partial charge in [0.1, 0.15) is 17.3 Å². The molecule has 1 aromatic heterocycles. The van der Waals surface area contributed by atoms with E-state index in [9.17, 15) is 0 Å². The van der Waals surface area contributed by atoms with Gasteiger partial charge in [0.15, 0.2) is 5.89 Å². The lowest BCUT2D eigenvalue weighted by Gasteiger charge is -2.35. The Morgan fingerprint density at radius 2 is 2.00 bits per heavy atom. The topological polar surface area (TPSA) is 47.7 Å². The van der Waals surface area contributed by atoms with E-state index in [1.165, 1.54) is 5.56 Å². The number of hydrogen-bond acceptors (Lipinski definition) is 5. The third kappa shape index (κ3) is 3.98. The van der Waals surface area contributed by atoms with E-state index in [-0.39, 0.29) is 6.04 Å². The van der Waals surface area contributed by atoms with Crippen molar-refractivity contribution in [3.63, 3.8) is 0 Å². The SMILES string of the molecule is COc1ccc2c(c1)C(N(Cc1ccccc1)Cc1cnc(C)o1)CCO2. The molecule has 2 aromatic carbocycles. The minimum Gasteiger partial charge on any atom is -0.497 e. The summed E-state index contributed by atoms with van der Waals surface area (Å²) in [7, 11) is 1.69. The Labute approximate surface area is 159 Å². The first-order valence-electron chi connectivity index (χ1n) is 9.23. The largest absolute Gasteiger partial charge is 0.497 e. The standard InChI is InChI=1S/C22H24N2O3/c1-16-23-13-19(27-16)15-24(14-17-6-4-3-5-7-17)21-10-11-26-22-9-8-18(25-2)12-20(21)22/h3-9,12-13,21H,10-11,14-15H2,1-2H3. The van der Waals surface area contributed by atoms with Crippen molar-refractivity contribution in [3.8, 4) is 11.5 Å². The van der Waals surface area contributed by atoms with Crippen molar-refractivity contribution < 1.29 is 13.9 Å². The van der Waals surface area contributed by atoms with Gasteiger partial charge in [-0.3, -0.25) is 4.90 Å². The highest BCUT2D eigenvalue weighted by molar-refractivity contribution is 5.43. The van der Waals surface area contributed by atoms with Crippen LogP contribution in [0, 0.1) is 6.92 Å². The normalized spacial score (nSPS) is 16.0. The van der Waals surface area contributed by atoms with Crippen LogP contribution < -0.4 is 9.47 Å². The van der Waals surface area contributed by atoms with Crippen LogP contribution in [0.25, 0.3) is 0 Å². The fourth-order valence-corrected chi connectivity index (χ4v) is 3.63. The molecule has 0 saturated heterocycles. The number of aromatic nitrogens is 1. The molecule has 0 bridgehead atoms. The van der Waals surface area contributed by atoms with Crippen LogP contribution in [0.4, 0.5) is 0 Å². The molecule has 1 aliphatic heterocycles. The van der Waals surface area contributed by atoms with Crippen LogP contribution >= 0.6 is 0 Å². The summed E-state index contributed by atoms with van der Waals surface area (Å²) in [5, 5.41) is 0. The molecular weight excluding hydrogens is 340 g/mol. The first-order valence-corrected chi connectivity index (χ1v) is 9.23. The predicted octanol–water partition coefficient (Wildman–Crippen LogP) is 4.52. The third-order valence-corrected chi connectivity index (χ3v) is 4.92. The number of oxazole rings is 1. The summed E-state index contributed by atoms with van der Waals surface area (Å²) in [5.74, 6) is 3.34. The number of aryl methyl sites for hydroxylation is 1. The minimum absolute atomic E-state index is 0.217. The van der Waals surface area contributed by atoms with E-state index < -0.39 is 0 Å². The van der Waals surface area contributed by atoms with E-state index >= 15 is 0 Å². The first-order chi connectivity index (χ1) is 13.2. The molecule has 1 aliphatic rings. The van der Waals surface area contributed by atoms with Crippen LogP contribution in [0.15, 0.2) is 59.1 Å².